The third kappa shape index (κ3) is 2.06. The van der Waals surface area contributed by atoms with Gasteiger partial charge in [-0.25, -0.2) is 0 Å². The van der Waals surface area contributed by atoms with E-state index in [0.29, 0.717) is 0 Å². The average molecular weight is 229 g/mol. The SMILES string of the molecule is NC(=O)[C@H](N)c1cccc(Br)c1. The fourth-order valence-corrected chi connectivity index (χ4v) is 1.28. The van der Waals surface area contributed by atoms with Crippen LogP contribution >= 0.6 is 15.9 Å². The van der Waals surface area contributed by atoms with Crippen molar-refractivity contribution in [2.45, 2.75) is 6.04 Å². The van der Waals surface area contributed by atoms with E-state index in [0.717, 1.165) is 10.0 Å². The maximum atomic E-state index is 10.7. The van der Waals surface area contributed by atoms with E-state index < -0.39 is 11.9 Å². The lowest BCUT2D eigenvalue weighted by molar-refractivity contribution is -0.119. The molecule has 0 aliphatic rings. The Hall–Kier alpha value is -0.870. The standard InChI is InChI=1S/C8H9BrN2O/c9-6-3-1-2-5(4-6)7(10)8(11)12/h1-4,7H,10H2,(H2,11,12)/t7-/m1/s1. The zero-order valence-electron chi connectivity index (χ0n) is 6.33. The van der Waals surface area contributed by atoms with Gasteiger partial charge in [0.1, 0.15) is 6.04 Å². The highest BCUT2D eigenvalue weighted by molar-refractivity contribution is 9.10. The Morgan fingerprint density at radius 1 is 1.50 bits per heavy atom. The van der Waals surface area contributed by atoms with Crippen LogP contribution in [-0.2, 0) is 4.79 Å². The number of amides is 1. The second kappa shape index (κ2) is 3.69. The smallest absolute Gasteiger partial charge is 0.238 e. The summed E-state index contributed by atoms with van der Waals surface area (Å²) in [5.41, 5.74) is 11.3. The predicted octanol–water partition coefficient (Wildman–Crippen LogP) is 0.934. The van der Waals surface area contributed by atoms with Gasteiger partial charge in [0.05, 0.1) is 0 Å². The molecule has 0 unspecified atom stereocenters. The van der Waals surface area contributed by atoms with Crippen LogP contribution < -0.4 is 11.5 Å². The van der Waals surface area contributed by atoms with Crippen molar-refractivity contribution >= 4 is 21.8 Å². The first-order chi connectivity index (χ1) is 5.61. The van der Waals surface area contributed by atoms with Crippen LogP contribution in [0.4, 0.5) is 0 Å². The highest BCUT2D eigenvalue weighted by atomic mass is 79.9. The first kappa shape index (κ1) is 9.22. The van der Waals surface area contributed by atoms with Crippen LogP contribution in [0, 0.1) is 0 Å². The number of halogens is 1. The van der Waals surface area contributed by atoms with Gasteiger partial charge in [-0.15, -0.1) is 0 Å². The summed E-state index contributed by atoms with van der Waals surface area (Å²) in [5, 5.41) is 0. The molecule has 0 aromatic heterocycles. The van der Waals surface area contributed by atoms with Crippen LogP contribution in [0.3, 0.4) is 0 Å². The molecule has 0 radical (unpaired) electrons. The van der Waals surface area contributed by atoms with E-state index in [9.17, 15) is 4.79 Å². The molecule has 0 heterocycles. The minimum atomic E-state index is -0.720. The van der Waals surface area contributed by atoms with E-state index in [4.69, 9.17) is 11.5 Å². The number of carbonyl (C=O) groups excluding carboxylic acids is 1. The van der Waals surface area contributed by atoms with Crippen molar-refractivity contribution in [2.75, 3.05) is 0 Å². The number of carbonyl (C=O) groups is 1. The maximum Gasteiger partial charge on any atom is 0.238 e. The van der Waals surface area contributed by atoms with E-state index in [1.54, 1.807) is 12.1 Å². The van der Waals surface area contributed by atoms with Crippen LogP contribution in [0.2, 0.25) is 0 Å². The summed E-state index contributed by atoms with van der Waals surface area (Å²) in [7, 11) is 0. The molecule has 0 spiro atoms. The van der Waals surface area contributed by atoms with Gasteiger partial charge in [-0.1, -0.05) is 28.1 Å². The Kier molecular flexibility index (Phi) is 2.83. The van der Waals surface area contributed by atoms with E-state index in [1.807, 2.05) is 12.1 Å². The summed E-state index contributed by atoms with van der Waals surface area (Å²) in [6.07, 6.45) is 0. The maximum absolute atomic E-state index is 10.7. The Morgan fingerprint density at radius 3 is 2.67 bits per heavy atom. The van der Waals surface area contributed by atoms with E-state index in [1.165, 1.54) is 0 Å². The second-order valence-electron chi connectivity index (χ2n) is 2.44. The normalized spacial score (nSPS) is 12.5. The molecule has 4 heteroatoms. The average Bonchev–Trinajstić information content (AvgIpc) is 2.03. The predicted molar refractivity (Wildman–Crippen MR) is 50.3 cm³/mol. The molecule has 1 atom stereocenters. The molecule has 64 valence electrons. The van der Waals surface area contributed by atoms with Crippen molar-refractivity contribution in [3.8, 4) is 0 Å². The first-order valence-corrected chi connectivity index (χ1v) is 4.21. The molecule has 0 fully saturated rings. The Bertz CT molecular complexity index is 301. The largest absolute Gasteiger partial charge is 0.368 e. The zero-order valence-corrected chi connectivity index (χ0v) is 7.91. The third-order valence-electron chi connectivity index (χ3n) is 1.51. The molecule has 0 saturated heterocycles. The monoisotopic (exact) mass is 228 g/mol. The molecule has 3 nitrogen and oxygen atoms in total. The van der Waals surface area contributed by atoms with Crippen molar-refractivity contribution in [2.24, 2.45) is 11.5 Å². The van der Waals surface area contributed by atoms with E-state index >= 15 is 0 Å². The number of rotatable bonds is 2. The first-order valence-electron chi connectivity index (χ1n) is 3.41. The van der Waals surface area contributed by atoms with Crippen LogP contribution in [0.25, 0.3) is 0 Å². The summed E-state index contributed by atoms with van der Waals surface area (Å²) in [6, 6.07) is 6.48. The van der Waals surface area contributed by atoms with Gasteiger partial charge >= 0.3 is 0 Å². The second-order valence-corrected chi connectivity index (χ2v) is 3.35. The number of nitrogens with two attached hydrogens (primary N) is 2. The molecule has 4 N–H and O–H groups in total. The minimum absolute atomic E-state index is 0.520. The number of hydrogen-bond acceptors (Lipinski definition) is 2. The molecule has 0 aliphatic carbocycles. The van der Waals surface area contributed by atoms with Crippen molar-refractivity contribution < 1.29 is 4.79 Å². The fourth-order valence-electron chi connectivity index (χ4n) is 0.864. The molecule has 1 aromatic carbocycles. The molecular formula is C8H9BrN2O. The molecule has 0 aliphatic heterocycles. The van der Waals surface area contributed by atoms with Gasteiger partial charge in [0.2, 0.25) is 5.91 Å². The summed E-state index contributed by atoms with van der Waals surface area (Å²) >= 11 is 3.27. The van der Waals surface area contributed by atoms with E-state index in [-0.39, 0.29) is 0 Å². The number of hydrogen-bond donors (Lipinski definition) is 2. The van der Waals surface area contributed by atoms with Crippen molar-refractivity contribution in [1.29, 1.82) is 0 Å². The summed E-state index contributed by atoms with van der Waals surface area (Å²) < 4.78 is 0.886. The lowest BCUT2D eigenvalue weighted by Gasteiger charge is -2.06. The van der Waals surface area contributed by atoms with Crippen molar-refractivity contribution in [1.82, 2.24) is 0 Å². The van der Waals surface area contributed by atoms with Gasteiger partial charge < -0.3 is 11.5 Å². The molecule has 1 amide bonds. The Morgan fingerprint density at radius 2 is 2.17 bits per heavy atom. The topological polar surface area (TPSA) is 69.1 Å². The zero-order chi connectivity index (χ0) is 9.14. The van der Waals surface area contributed by atoms with Crippen LogP contribution in [0.1, 0.15) is 11.6 Å². The fraction of sp³-hybridized carbons (Fsp3) is 0.125. The van der Waals surface area contributed by atoms with Gasteiger partial charge in [-0.2, -0.15) is 0 Å². The summed E-state index contributed by atoms with van der Waals surface area (Å²) in [5.74, 6) is -0.520. The van der Waals surface area contributed by atoms with Gasteiger partial charge in [0, 0.05) is 4.47 Å². The molecule has 1 rings (SSSR count). The molecular weight excluding hydrogens is 220 g/mol. The molecule has 12 heavy (non-hydrogen) atoms. The highest BCUT2D eigenvalue weighted by Gasteiger charge is 2.11. The van der Waals surface area contributed by atoms with Crippen molar-refractivity contribution in [3.63, 3.8) is 0 Å². The summed E-state index contributed by atoms with van der Waals surface area (Å²) in [4.78, 5) is 10.7. The Labute approximate surface area is 78.9 Å². The number of primary amides is 1. The third-order valence-corrected chi connectivity index (χ3v) is 2.01. The molecule has 1 aromatic rings. The van der Waals surface area contributed by atoms with Crippen LogP contribution in [0.15, 0.2) is 28.7 Å². The van der Waals surface area contributed by atoms with Gasteiger partial charge in [0.25, 0.3) is 0 Å². The van der Waals surface area contributed by atoms with Gasteiger partial charge in [0.15, 0.2) is 0 Å². The lowest BCUT2D eigenvalue weighted by Crippen LogP contribution is -2.28. The quantitative estimate of drug-likeness (QED) is 0.792. The summed E-state index contributed by atoms with van der Waals surface area (Å²) in [6.45, 7) is 0. The Balaban J connectivity index is 2.95. The lowest BCUT2D eigenvalue weighted by atomic mass is 10.1. The molecule has 0 saturated carbocycles. The van der Waals surface area contributed by atoms with E-state index in [2.05, 4.69) is 15.9 Å². The van der Waals surface area contributed by atoms with Crippen LogP contribution in [-0.4, -0.2) is 5.91 Å². The van der Waals surface area contributed by atoms with Gasteiger partial charge in [-0.05, 0) is 17.7 Å². The molecule has 0 bridgehead atoms. The van der Waals surface area contributed by atoms with Gasteiger partial charge in [-0.3, -0.25) is 4.79 Å². The minimum Gasteiger partial charge on any atom is -0.368 e. The van der Waals surface area contributed by atoms with Crippen LogP contribution in [0.5, 0.6) is 0 Å². The number of benzene rings is 1. The highest BCUT2D eigenvalue weighted by Crippen LogP contribution is 2.15. The van der Waals surface area contributed by atoms with Crippen molar-refractivity contribution in [3.05, 3.63) is 34.3 Å².